The minimum Gasteiger partial charge on any atom is -0.493 e. The van der Waals surface area contributed by atoms with Crippen LogP contribution in [0.3, 0.4) is 0 Å². The first-order valence-electron chi connectivity index (χ1n) is 7.75. The van der Waals surface area contributed by atoms with E-state index in [1.807, 2.05) is 41.7 Å². The van der Waals surface area contributed by atoms with E-state index in [1.165, 1.54) is 17.1 Å². The van der Waals surface area contributed by atoms with Crippen molar-refractivity contribution in [3.63, 3.8) is 0 Å². The average Bonchev–Trinajstić information content (AvgIpc) is 3.14. The molecule has 1 aliphatic rings. The lowest BCUT2D eigenvalue weighted by atomic mass is 10.2. The molecule has 4 nitrogen and oxygen atoms in total. The number of ether oxygens (including phenoxy) is 2. The Morgan fingerprint density at radius 1 is 1.20 bits per heavy atom. The van der Waals surface area contributed by atoms with Crippen molar-refractivity contribution in [1.29, 1.82) is 0 Å². The summed E-state index contributed by atoms with van der Waals surface area (Å²) in [5.74, 6) is 3.27. The number of carbonyl (C=O) groups is 1. The van der Waals surface area contributed by atoms with Crippen LogP contribution in [0.25, 0.3) is 0 Å². The normalized spacial score (nSPS) is 14.3. The SMILES string of the molecule is COc1cc(C2SCCS2)ccc1OCC(=O)Nc1cccc(Cl)c1. The third-order valence-electron chi connectivity index (χ3n) is 3.55. The summed E-state index contributed by atoms with van der Waals surface area (Å²) in [4.78, 5) is 12.0. The molecule has 0 aromatic heterocycles. The number of methoxy groups -OCH3 is 1. The van der Waals surface area contributed by atoms with Gasteiger partial charge in [0.05, 0.1) is 11.7 Å². The van der Waals surface area contributed by atoms with Crippen LogP contribution in [0, 0.1) is 0 Å². The Kier molecular flexibility index (Phi) is 6.39. The molecule has 0 unspecified atom stereocenters. The fraction of sp³-hybridized carbons (Fsp3) is 0.278. The third-order valence-corrected chi connectivity index (χ3v) is 6.89. The van der Waals surface area contributed by atoms with Gasteiger partial charge in [0.2, 0.25) is 0 Å². The van der Waals surface area contributed by atoms with Crippen molar-refractivity contribution >= 4 is 46.7 Å². The summed E-state index contributed by atoms with van der Waals surface area (Å²) >= 11 is 9.77. The van der Waals surface area contributed by atoms with Crippen molar-refractivity contribution in [3.05, 3.63) is 53.1 Å². The second-order valence-electron chi connectivity index (χ2n) is 5.33. The highest BCUT2D eigenvalue weighted by Crippen LogP contribution is 2.46. The van der Waals surface area contributed by atoms with Gasteiger partial charge in [-0.25, -0.2) is 0 Å². The fourth-order valence-electron chi connectivity index (χ4n) is 2.41. The number of nitrogens with one attached hydrogen (secondary N) is 1. The molecule has 0 saturated carbocycles. The Balaban J connectivity index is 1.61. The minimum absolute atomic E-state index is 0.102. The van der Waals surface area contributed by atoms with Gasteiger partial charge in [0.25, 0.3) is 5.91 Å². The summed E-state index contributed by atoms with van der Waals surface area (Å²) in [6, 6.07) is 12.9. The van der Waals surface area contributed by atoms with E-state index in [2.05, 4.69) is 5.32 Å². The zero-order chi connectivity index (χ0) is 17.6. The number of carbonyl (C=O) groups excluding carboxylic acids is 1. The van der Waals surface area contributed by atoms with Crippen LogP contribution in [-0.4, -0.2) is 31.1 Å². The Morgan fingerprint density at radius 3 is 2.72 bits per heavy atom. The third kappa shape index (κ3) is 5.00. The van der Waals surface area contributed by atoms with Gasteiger partial charge >= 0.3 is 0 Å². The first-order valence-corrected chi connectivity index (χ1v) is 10.2. The zero-order valence-corrected chi connectivity index (χ0v) is 16.0. The van der Waals surface area contributed by atoms with E-state index in [0.29, 0.717) is 26.8 Å². The molecule has 7 heteroatoms. The van der Waals surface area contributed by atoms with Gasteiger partial charge in [0.15, 0.2) is 18.1 Å². The molecule has 132 valence electrons. The molecule has 25 heavy (non-hydrogen) atoms. The van der Waals surface area contributed by atoms with E-state index < -0.39 is 0 Å². The van der Waals surface area contributed by atoms with Crippen molar-refractivity contribution in [3.8, 4) is 11.5 Å². The largest absolute Gasteiger partial charge is 0.493 e. The van der Waals surface area contributed by atoms with E-state index in [1.54, 1.807) is 31.4 Å². The number of amides is 1. The van der Waals surface area contributed by atoms with Crippen LogP contribution >= 0.6 is 35.1 Å². The van der Waals surface area contributed by atoms with Gasteiger partial charge in [-0.1, -0.05) is 23.7 Å². The summed E-state index contributed by atoms with van der Waals surface area (Å²) in [7, 11) is 1.60. The Morgan fingerprint density at radius 2 is 2.00 bits per heavy atom. The topological polar surface area (TPSA) is 47.6 Å². The van der Waals surface area contributed by atoms with E-state index in [-0.39, 0.29) is 12.5 Å². The van der Waals surface area contributed by atoms with Crippen LogP contribution in [0.4, 0.5) is 5.69 Å². The van der Waals surface area contributed by atoms with Crippen molar-refractivity contribution in [2.24, 2.45) is 0 Å². The lowest BCUT2D eigenvalue weighted by Gasteiger charge is -2.14. The number of halogens is 1. The van der Waals surface area contributed by atoms with Crippen LogP contribution in [-0.2, 0) is 4.79 Å². The highest BCUT2D eigenvalue weighted by Gasteiger charge is 2.20. The summed E-state index contributed by atoms with van der Waals surface area (Å²) < 4.78 is 11.5. The molecule has 0 aliphatic carbocycles. The number of rotatable bonds is 6. The number of anilines is 1. The standard InChI is InChI=1S/C18H18ClNO3S2/c1-22-16-9-12(18-24-7-8-25-18)5-6-15(16)23-11-17(21)20-14-4-2-3-13(19)10-14/h2-6,9-10,18H,7-8,11H2,1H3,(H,20,21). The maximum Gasteiger partial charge on any atom is 0.262 e. The van der Waals surface area contributed by atoms with Gasteiger partial charge < -0.3 is 14.8 Å². The van der Waals surface area contributed by atoms with Crippen molar-refractivity contribution in [1.82, 2.24) is 0 Å². The molecule has 2 aromatic rings. The highest BCUT2D eigenvalue weighted by atomic mass is 35.5. The lowest BCUT2D eigenvalue weighted by molar-refractivity contribution is -0.118. The van der Waals surface area contributed by atoms with Crippen molar-refractivity contribution in [2.45, 2.75) is 4.58 Å². The monoisotopic (exact) mass is 395 g/mol. The van der Waals surface area contributed by atoms with Gasteiger partial charge in [-0.3, -0.25) is 4.79 Å². The molecular formula is C18H18ClNO3S2. The molecule has 0 bridgehead atoms. The van der Waals surface area contributed by atoms with Crippen LogP contribution in [0.15, 0.2) is 42.5 Å². The van der Waals surface area contributed by atoms with Gasteiger partial charge in [0.1, 0.15) is 0 Å². The molecule has 1 N–H and O–H groups in total. The molecule has 2 aromatic carbocycles. The second-order valence-corrected chi connectivity index (χ2v) is 8.49. The van der Waals surface area contributed by atoms with E-state index in [4.69, 9.17) is 21.1 Å². The molecule has 1 aliphatic heterocycles. The van der Waals surface area contributed by atoms with Gasteiger partial charge in [0, 0.05) is 22.2 Å². The average molecular weight is 396 g/mol. The summed E-state index contributed by atoms with van der Waals surface area (Å²) in [5, 5.41) is 3.32. The van der Waals surface area contributed by atoms with Crippen LogP contribution in [0.5, 0.6) is 11.5 Å². The van der Waals surface area contributed by atoms with E-state index >= 15 is 0 Å². The molecule has 0 radical (unpaired) electrons. The Bertz CT molecular complexity index is 751. The van der Waals surface area contributed by atoms with Gasteiger partial charge in [-0.2, -0.15) is 0 Å². The number of benzene rings is 2. The number of hydrogen-bond acceptors (Lipinski definition) is 5. The molecule has 1 saturated heterocycles. The minimum atomic E-state index is -0.254. The number of hydrogen-bond donors (Lipinski definition) is 1. The first-order chi connectivity index (χ1) is 12.2. The first kappa shape index (κ1) is 18.3. The van der Waals surface area contributed by atoms with E-state index in [0.717, 1.165) is 0 Å². The predicted molar refractivity (Wildman–Crippen MR) is 106 cm³/mol. The summed E-state index contributed by atoms with van der Waals surface area (Å²) in [6.07, 6.45) is 0. The summed E-state index contributed by atoms with van der Waals surface area (Å²) in [6.45, 7) is -0.102. The second kappa shape index (κ2) is 8.74. The maximum absolute atomic E-state index is 12.0. The maximum atomic E-state index is 12.0. The van der Waals surface area contributed by atoms with Gasteiger partial charge in [-0.15, -0.1) is 23.5 Å². The van der Waals surface area contributed by atoms with Crippen LogP contribution in [0.1, 0.15) is 10.1 Å². The predicted octanol–water partition coefficient (Wildman–Crippen LogP) is 4.84. The number of thioether (sulfide) groups is 2. The quantitative estimate of drug-likeness (QED) is 0.757. The van der Waals surface area contributed by atoms with E-state index in [9.17, 15) is 4.79 Å². The lowest BCUT2D eigenvalue weighted by Crippen LogP contribution is -2.20. The Labute approximate surface area is 160 Å². The van der Waals surface area contributed by atoms with Gasteiger partial charge in [-0.05, 0) is 35.9 Å². The van der Waals surface area contributed by atoms with Crippen molar-refractivity contribution < 1.29 is 14.3 Å². The molecule has 1 fully saturated rings. The van der Waals surface area contributed by atoms with Crippen LogP contribution in [0.2, 0.25) is 5.02 Å². The molecule has 1 heterocycles. The summed E-state index contributed by atoms with van der Waals surface area (Å²) in [5.41, 5.74) is 1.85. The zero-order valence-electron chi connectivity index (χ0n) is 13.7. The highest BCUT2D eigenvalue weighted by molar-refractivity contribution is 8.19. The fourth-order valence-corrected chi connectivity index (χ4v) is 5.44. The smallest absolute Gasteiger partial charge is 0.262 e. The molecule has 0 spiro atoms. The molecule has 0 atom stereocenters. The molecular weight excluding hydrogens is 378 g/mol. The Hall–Kier alpha value is -1.50. The van der Waals surface area contributed by atoms with Crippen molar-refractivity contribution in [2.75, 3.05) is 30.5 Å². The molecule has 3 rings (SSSR count). The molecule has 1 amide bonds. The van der Waals surface area contributed by atoms with Crippen LogP contribution < -0.4 is 14.8 Å².